The molecule has 8 rings (SSSR count). The maximum absolute atomic E-state index is 12.9. The van der Waals surface area contributed by atoms with Gasteiger partial charge in [-0.25, -0.2) is 29.3 Å². The van der Waals surface area contributed by atoms with E-state index in [1.807, 2.05) is 24.3 Å². The summed E-state index contributed by atoms with van der Waals surface area (Å²) in [5.74, 6) is -1.88. The van der Waals surface area contributed by atoms with E-state index in [0.29, 0.717) is 44.6 Å². The molecule has 0 aliphatic carbocycles. The lowest BCUT2D eigenvalue weighted by molar-refractivity contribution is 0.0510. The highest BCUT2D eigenvalue weighted by Crippen LogP contribution is 2.28. The molecular formula is C49H45ClN6O13. The monoisotopic (exact) mass is 960 g/mol. The highest BCUT2D eigenvalue weighted by atomic mass is 35.5. The van der Waals surface area contributed by atoms with Crippen LogP contribution in [0.3, 0.4) is 0 Å². The third kappa shape index (κ3) is 11.0. The number of nitrogens with one attached hydrogen (secondary N) is 1. The van der Waals surface area contributed by atoms with Gasteiger partial charge in [-0.05, 0) is 92.6 Å². The minimum absolute atomic E-state index is 0.0651. The Balaban J connectivity index is 0.000000174. The standard InChI is InChI=1S/2C19H18N2O5.C11H9ClN2O3/c2*1-3-26-19(24)15-16(22)14-5-4-10-20-17(14)21(18(15)23)11-12-6-8-13(25-2)9-7-12;1-2-17-11(16)7-8(12)6-4-3-5-13-9(6)14-10(7)15/h2*4-10,22H,3,11H2,1-2H3;3-5H,2H2,1H3,(H,13,14,15). The second-order valence-electron chi connectivity index (χ2n) is 14.4. The van der Waals surface area contributed by atoms with Crippen molar-refractivity contribution in [2.45, 2.75) is 33.9 Å². The molecule has 8 aromatic rings. The zero-order chi connectivity index (χ0) is 49.8. The van der Waals surface area contributed by atoms with Crippen LogP contribution in [0.4, 0.5) is 0 Å². The molecule has 0 aliphatic rings. The number of fused-ring (bicyclic) bond motifs is 3. The minimum atomic E-state index is -0.857. The number of pyridine rings is 6. The van der Waals surface area contributed by atoms with Crippen LogP contribution in [-0.2, 0) is 27.3 Å². The first-order valence-electron chi connectivity index (χ1n) is 21.1. The van der Waals surface area contributed by atoms with Gasteiger partial charge in [-0.3, -0.25) is 23.5 Å². The number of H-pyrrole nitrogens is 1. The maximum atomic E-state index is 12.9. The third-order valence-electron chi connectivity index (χ3n) is 10.1. The van der Waals surface area contributed by atoms with E-state index >= 15 is 0 Å². The predicted molar refractivity (Wildman–Crippen MR) is 255 cm³/mol. The highest BCUT2D eigenvalue weighted by Gasteiger charge is 2.26. The molecule has 2 aromatic carbocycles. The van der Waals surface area contributed by atoms with Crippen LogP contribution in [0.5, 0.6) is 23.0 Å². The van der Waals surface area contributed by atoms with Crippen molar-refractivity contribution in [2.75, 3.05) is 34.0 Å². The molecule has 6 aromatic heterocycles. The van der Waals surface area contributed by atoms with E-state index in [4.69, 9.17) is 35.3 Å². The molecule has 0 bridgehead atoms. The van der Waals surface area contributed by atoms with E-state index in [9.17, 15) is 39.0 Å². The van der Waals surface area contributed by atoms with E-state index in [1.54, 1.807) is 95.7 Å². The number of benzene rings is 2. The van der Waals surface area contributed by atoms with E-state index in [0.717, 1.165) is 11.1 Å². The number of aromatic amines is 1. The number of esters is 3. The van der Waals surface area contributed by atoms with E-state index in [2.05, 4.69) is 19.9 Å². The number of aromatic hydroxyl groups is 2. The van der Waals surface area contributed by atoms with Gasteiger partial charge < -0.3 is 38.9 Å². The Kier molecular flexibility index (Phi) is 16.4. The van der Waals surface area contributed by atoms with Crippen molar-refractivity contribution in [1.29, 1.82) is 0 Å². The number of nitrogens with zero attached hydrogens (tertiary/aromatic N) is 5. The van der Waals surface area contributed by atoms with Gasteiger partial charge in [0.1, 0.15) is 45.5 Å². The van der Waals surface area contributed by atoms with Crippen molar-refractivity contribution in [3.05, 3.63) is 167 Å². The van der Waals surface area contributed by atoms with Crippen LogP contribution >= 0.6 is 11.6 Å². The number of methoxy groups -OCH3 is 2. The van der Waals surface area contributed by atoms with Gasteiger partial charge in [0.15, 0.2) is 11.1 Å². The Bertz CT molecular complexity index is 3190. The fourth-order valence-corrected chi connectivity index (χ4v) is 7.21. The number of hydrogen-bond acceptors (Lipinski definition) is 16. The minimum Gasteiger partial charge on any atom is -0.506 e. The number of carbonyl (C=O) groups is 3. The van der Waals surface area contributed by atoms with Crippen LogP contribution in [-0.4, -0.2) is 91.2 Å². The molecule has 0 aliphatic heterocycles. The van der Waals surface area contributed by atoms with Crippen molar-refractivity contribution >= 4 is 62.6 Å². The molecule has 0 atom stereocenters. The highest BCUT2D eigenvalue weighted by molar-refractivity contribution is 6.38. The number of aromatic nitrogens is 6. The molecule has 0 unspecified atom stereocenters. The largest absolute Gasteiger partial charge is 0.506 e. The predicted octanol–water partition coefficient (Wildman–Crippen LogP) is 6.42. The Hall–Kier alpha value is -8.58. The van der Waals surface area contributed by atoms with Crippen LogP contribution in [0, 0.1) is 0 Å². The molecule has 0 radical (unpaired) electrons. The summed E-state index contributed by atoms with van der Waals surface area (Å²) >= 11 is 6.02. The van der Waals surface area contributed by atoms with Crippen molar-refractivity contribution < 1.29 is 48.3 Å². The number of hydrogen-bond donors (Lipinski definition) is 3. The maximum Gasteiger partial charge on any atom is 0.347 e. The summed E-state index contributed by atoms with van der Waals surface area (Å²) in [6.45, 7) is 5.66. The summed E-state index contributed by atoms with van der Waals surface area (Å²) in [5, 5.41) is 22.0. The van der Waals surface area contributed by atoms with Gasteiger partial charge in [-0.1, -0.05) is 35.9 Å². The number of rotatable bonds is 12. The lowest BCUT2D eigenvalue weighted by atomic mass is 10.1. The first kappa shape index (κ1) is 49.8. The van der Waals surface area contributed by atoms with Crippen molar-refractivity contribution in [1.82, 2.24) is 29.1 Å². The van der Waals surface area contributed by atoms with Gasteiger partial charge in [0.05, 0.1) is 62.9 Å². The summed E-state index contributed by atoms with van der Waals surface area (Å²) in [6, 6.07) is 24.2. The topological polar surface area (TPSA) is 253 Å². The SMILES string of the molecule is CCOC(=O)c1c(Cl)c2cccnc2[nH]c1=O.CCOC(=O)c1c(O)c2cccnc2n(Cc2ccc(OC)cc2)c1=O.CCOC(=O)c1c(O)c2cccnc2n(Cc2ccc(OC)cc2)c1=O. The first-order chi connectivity index (χ1) is 33.3. The van der Waals surface area contributed by atoms with Crippen LogP contribution in [0.2, 0.25) is 5.02 Å². The van der Waals surface area contributed by atoms with E-state index in [-0.39, 0.29) is 54.6 Å². The second kappa shape index (κ2) is 22.7. The zero-order valence-corrected chi connectivity index (χ0v) is 38.6. The zero-order valence-electron chi connectivity index (χ0n) is 37.8. The fourth-order valence-electron chi connectivity index (χ4n) is 6.89. The fraction of sp³-hybridized carbons (Fsp3) is 0.204. The van der Waals surface area contributed by atoms with Crippen LogP contribution < -0.4 is 26.2 Å². The Morgan fingerprint density at radius 3 is 1.33 bits per heavy atom. The van der Waals surface area contributed by atoms with Gasteiger partial charge >= 0.3 is 17.9 Å². The summed E-state index contributed by atoms with van der Waals surface area (Å²) in [7, 11) is 3.14. The smallest absolute Gasteiger partial charge is 0.347 e. The molecule has 20 heteroatoms. The number of carbonyl (C=O) groups excluding carboxylic acids is 3. The lowest BCUT2D eigenvalue weighted by Crippen LogP contribution is -2.29. The molecule has 3 N–H and O–H groups in total. The quantitative estimate of drug-likeness (QED) is 0.0881. The molecule has 0 amide bonds. The summed E-state index contributed by atoms with van der Waals surface area (Å²) < 4.78 is 27.6. The molecular weight excluding hydrogens is 916 g/mol. The molecule has 0 fully saturated rings. The second-order valence-corrected chi connectivity index (χ2v) is 14.8. The Morgan fingerprint density at radius 1 is 0.565 bits per heavy atom. The third-order valence-corrected chi connectivity index (χ3v) is 10.5. The van der Waals surface area contributed by atoms with Gasteiger partial charge in [0.2, 0.25) is 0 Å². The van der Waals surface area contributed by atoms with Crippen LogP contribution in [0.15, 0.2) is 118 Å². The summed E-state index contributed by atoms with van der Waals surface area (Å²) in [4.78, 5) is 88.3. The normalized spacial score (nSPS) is 10.6. The van der Waals surface area contributed by atoms with Gasteiger partial charge in [0, 0.05) is 24.0 Å². The van der Waals surface area contributed by atoms with Crippen LogP contribution in [0.1, 0.15) is 63.0 Å². The van der Waals surface area contributed by atoms with E-state index < -0.39 is 46.1 Å². The first-order valence-corrected chi connectivity index (χ1v) is 21.5. The van der Waals surface area contributed by atoms with Gasteiger partial charge in [-0.2, -0.15) is 0 Å². The molecule has 0 saturated carbocycles. The van der Waals surface area contributed by atoms with Crippen molar-refractivity contribution in [3.63, 3.8) is 0 Å². The number of halogens is 1. The molecule has 69 heavy (non-hydrogen) atoms. The summed E-state index contributed by atoms with van der Waals surface area (Å²) in [6.07, 6.45) is 4.57. The van der Waals surface area contributed by atoms with Gasteiger partial charge in [-0.15, -0.1) is 0 Å². The summed E-state index contributed by atoms with van der Waals surface area (Å²) in [5.41, 5.74) is -0.296. The Labute approximate surface area is 397 Å². The molecule has 19 nitrogen and oxygen atoms in total. The molecule has 0 saturated heterocycles. The van der Waals surface area contributed by atoms with Gasteiger partial charge in [0.25, 0.3) is 16.7 Å². The average molecular weight is 961 g/mol. The van der Waals surface area contributed by atoms with Crippen molar-refractivity contribution in [3.8, 4) is 23.0 Å². The van der Waals surface area contributed by atoms with Crippen molar-refractivity contribution in [2.24, 2.45) is 0 Å². The molecule has 356 valence electrons. The lowest BCUT2D eigenvalue weighted by Gasteiger charge is -2.14. The van der Waals surface area contributed by atoms with Crippen LogP contribution in [0.25, 0.3) is 33.1 Å². The number of ether oxygens (including phenoxy) is 5. The molecule has 0 spiro atoms. The average Bonchev–Trinajstić information content (AvgIpc) is 3.35. The van der Waals surface area contributed by atoms with E-state index in [1.165, 1.54) is 27.7 Å². The Morgan fingerprint density at radius 2 is 0.942 bits per heavy atom. The molecule has 6 heterocycles.